The Morgan fingerprint density at radius 3 is 2.18 bits per heavy atom. The first-order valence-electron chi connectivity index (χ1n) is 12.1. The molecule has 2 rings (SSSR count). The van der Waals surface area contributed by atoms with Crippen LogP contribution < -0.4 is 44.1 Å². The third kappa shape index (κ3) is 10.6. The third-order valence-electron chi connectivity index (χ3n) is 5.55. The van der Waals surface area contributed by atoms with Gasteiger partial charge in [0.25, 0.3) is 0 Å². The molecule has 0 aliphatic rings. The molecule has 38 heavy (non-hydrogen) atoms. The molecule has 2 unspecified atom stereocenters. The van der Waals surface area contributed by atoms with Gasteiger partial charge in [0.2, 0.25) is 0 Å². The van der Waals surface area contributed by atoms with Crippen molar-refractivity contribution in [2.75, 3.05) is 40.6 Å². The van der Waals surface area contributed by atoms with Crippen molar-refractivity contribution in [3.05, 3.63) is 53.4 Å². The van der Waals surface area contributed by atoms with Crippen molar-refractivity contribution in [2.24, 2.45) is 0 Å². The number of halogens is 1. The zero-order valence-corrected chi connectivity index (χ0v) is 24.7. The van der Waals surface area contributed by atoms with Gasteiger partial charge in [-0.2, -0.15) is 0 Å². The quantitative estimate of drug-likeness (QED) is 0.224. The molecule has 0 spiro atoms. The van der Waals surface area contributed by atoms with Crippen LogP contribution in [-0.4, -0.2) is 69.0 Å². The molecule has 0 aromatic heterocycles. The number of aliphatic carboxylic acids is 1. The van der Waals surface area contributed by atoms with Crippen LogP contribution in [-0.2, 0) is 14.3 Å². The number of rotatable bonds is 16. The summed E-state index contributed by atoms with van der Waals surface area (Å²) in [5.74, 6) is -0.853. The molecule has 0 bridgehead atoms. The number of aliphatic hydroxyl groups excluding tert-OH is 2. The molecule has 0 amide bonds. The van der Waals surface area contributed by atoms with Gasteiger partial charge in [-0.1, -0.05) is 38.1 Å². The van der Waals surface area contributed by atoms with Crippen LogP contribution in [0.1, 0.15) is 43.7 Å². The van der Waals surface area contributed by atoms with Gasteiger partial charge in [-0.15, -0.1) is 0 Å². The topological polar surface area (TPSA) is 118 Å². The minimum absolute atomic E-state index is 0. The van der Waals surface area contributed by atoms with Gasteiger partial charge in [0.15, 0.2) is 11.5 Å². The molecule has 10 heteroatoms. The van der Waals surface area contributed by atoms with E-state index in [0.29, 0.717) is 41.4 Å². The van der Waals surface area contributed by atoms with Gasteiger partial charge in [-0.3, -0.25) is 0 Å². The number of aliphatic hydroxyl groups is 2. The summed E-state index contributed by atoms with van der Waals surface area (Å²) in [6, 6.07) is 7.83. The summed E-state index contributed by atoms with van der Waals surface area (Å²) in [6.45, 7) is 5.21. The van der Waals surface area contributed by atoms with Crippen molar-refractivity contribution in [3.8, 4) is 22.6 Å². The van der Waals surface area contributed by atoms with Gasteiger partial charge in [0, 0.05) is 38.6 Å². The molecular weight excluding hydrogens is 506 g/mol. The summed E-state index contributed by atoms with van der Waals surface area (Å²) in [6.07, 6.45) is 0.0571. The van der Waals surface area contributed by atoms with Crippen LogP contribution in [0.4, 0.5) is 4.39 Å². The van der Waals surface area contributed by atoms with E-state index in [4.69, 9.17) is 18.9 Å². The van der Waals surface area contributed by atoms with Crippen LogP contribution in [0.3, 0.4) is 0 Å². The average Bonchev–Trinajstić information content (AvgIpc) is 2.83. The number of hydrogen-bond acceptors (Lipinski definition) is 8. The van der Waals surface area contributed by atoms with Crippen LogP contribution in [0.2, 0.25) is 0 Å². The van der Waals surface area contributed by atoms with Crippen molar-refractivity contribution in [1.29, 1.82) is 0 Å². The fraction of sp³-hybridized carbons (Fsp3) is 0.464. The van der Waals surface area contributed by atoms with E-state index in [1.165, 1.54) is 18.2 Å². The average molecular weight is 543 g/mol. The maximum Gasteiger partial charge on any atom is 1.00 e. The Bertz CT molecular complexity index is 1030. The fourth-order valence-electron chi connectivity index (χ4n) is 3.79. The standard InChI is InChI=1S/C28H37FO8.Na/c1-18(2)24-17-25(36-13-11-34-3)28(37-14-12-35-4)27(19-5-7-20(29)8-6-19)23(24)10-9-21(30)15-22(31)16-26(32)33;/h5-10,17-18,21-22,30-31H,11-16H2,1-4H3,(H,32,33);/q;+1/p-1/b10-9+;. The van der Waals surface area contributed by atoms with E-state index in [2.05, 4.69) is 0 Å². The largest absolute Gasteiger partial charge is 1.00 e. The van der Waals surface area contributed by atoms with E-state index in [-0.39, 0.29) is 55.1 Å². The zero-order valence-electron chi connectivity index (χ0n) is 22.7. The maximum atomic E-state index is 13.8. The van der Waals surface area contributed by atoms with Crippen LogP contribution in [0.5, 0.6) is 11.5 Å². The molecule has 0 aliphatic heterocycles. The molecule has 8 nitrogen and oxygen atoms in total. The Hall–Kier alpha value is -1.98. The number of carboxylic acids is 1. The van der Waals surface area contributed by atoms with E-state index in [1.54, 1.807) is 32.4 Å². The number of ether oxygens (including phenoxy) is 4. The van der Waals surface area contributed by atoms with Gasteiger partial charge in [-0.25, -0.2) is 4.39 Å². The first kappa shape index (κ1) is 34.0. The molecular formula is C28H36FNaO8. The van der Waals surface area contributed by atoms with Crippen molar-refractivity contribution in [2.45, 2.75) is 44.8 Å². The molecule has 0 aliphatic carbocycles. The zero-order chi connectivity index (χ0) is 27.4. The Labute approximate surface area is 245 Å². The number of hydrogen-bond donors (Lipinski definition) is 2. The fourth-order valence-corrected chi connectivity index (χ4v) is 3.79. The summed E-state index contributed by atoms with van der Waals surface area (Å²) in [4.78, 5) is 10.7. The summed E-state index contributed by atoms with van der Waals surface area (Å²) in [5.41, 5.74) is 2.89. The van der Waals surface area contributed by atoms with Gasteiger partial charge in [0.05, 0.1) is 25.4 Å². The van der Waals surface area contributed by atoms with Crippen LogP contribution in [0, 0.1) is 5.82 Å². The first-order valence-corrected chi connectivity index (χ1v) is 12.1. The Balaban J connectivity index is 0.00000722. The molecule has 0 saturated heterocycles. The molecule has 2 aromatic rings. The summed E-state index contributed by atoms with van der Waals surface area (Å²) in [7, 11) is 3.14. The molecule has 0 heterocycles. The smallest absolute Gasteiger partial charge is 0.550 e. The number of carboxylic acid groups (broad SMARTS) is 1. The summed E-state index contributed by atoms with van der Waals surface area (Å²) in [5, 5.41) is 31.1. The maximum absolute atomic E-state index is 13.8. The van der Waals surface area contributed by atoms with Gasteiger partial charge in [0.1, 0.15) is 19.0 Å². The molecule has 2 atom stereocenters. The number of carbonyl (C=O) groups is 1. The second-order valence-electron chi connectivity index (χ2n) is 8.82. The van der Waals surface area contributed by atoms with Crippen LogP contribution in [0.25, 0.3) is 17.2 Å². The predicted molar refractivity (Wildman–Crippen MR) is 136 cm³/mol. The summed E-state index contributed by atoms with van der Waals surface area (Å²) >= 11 is 0. The molecule has 2 N–H and O–H groups in total. The number of methoxy groups -OCH3 is 2. The van der Waals surface area contributed by atoms with Crippen molar-refractivity contribution < 1.29 is 73.0 Å². The molecule has 0 fully saturated rings. The van der Waals surface area contributed by atoms with E-state index < -0.39 is 30.4 Å². The predicted octanol–water partition coefficient (Wildman–Crippen LogP) is -0.0644. The van der Waals surface area contributed by atoms with Gasteiger partial charge < -0.3 is 39.1 Å². The minimum Gasteiger partial charge on any atom is -0.550 e. The first-order chi connectivity index (χ1) is 17.7. The minimum atomic E-state index is -1.40. The van der Waals surface area contributed by atoms with Crippen molar-refractivity contribution in [1.82, 2.24) is 0 Å². The Morgan fingerprint density at radius 1 is 1.03 bits per heavy atom. The third-order valence-corrected chi connectivity index (χ3v) is 5.55. The number of benzene rings is 2. The second kappa shape index (κ2) is 17.6. The van der Waals surface area contributed by atoms with E-state index in [0.717, 1.165) is 5.56 Å². The van der Waals surface area contributed by atoms with E-state index in [9.17, 15) is 24.5 Å². The molecule has 0 radical (unpaired) electrons. The van der Waals surface area contributed by atoms with Crippen molar-refractivity contribution in [3.63, 3.8) is 0 Å². The normalized spacial score (nSPS) is 12.8. The van der Waals surface area contributed by atoms with Gasteiger partial charge in [-0.05, 0) is 40.8 Å². The molecule has 204 valence electrons. The molecule has 0 saturated carbocycles. The van der Waals surface area contributed by atoms with E-state index >= 15 is 0 Å². The molecule has 2 aromatic carbocycles. The summed E-state index contributed by atoms with van der Waals surface area (Å²) < 4.78 is 36.2. The SMILES string of the molecule is COCCOc1cc(C(C)C)c(/C=C/C(O)CC(O)CC(=O)[O-])c(-c2ccc(F)cc2)c1OCCOC.[Na+]. The number of carbonyl (C=O) groups excluding carboxylic acids is 1. The monoisotopic (exact) mass is 542 g/mol. The van der Waals surface area contributed by atoms with E-state index in [1.807, 2.05) is 19.9 Å². The van der Waals surface area contributed by atoms with Crippen LogP contribution in [0.15, 0.2) is 36.4 Å². The van der Waals surface area contributed by atoms with Crippen LogP contribution >= 0.6 is 0 Å². The second-order valence-corrected chi connectivity index (χ2v) is 8.82. The van der Waals surface area contributed by atoms with Crippen molar-refractivity contribution >= 4 is 12.0 Å². The Kier molecular flexibility index (Phi) is 15.7. The van der Waals surface area contributed by atoms with Gasteiger partial charge >= 0.3 is 29.6 Å². The Morgan fingerprint density at radius 2 is 1.63 bits per heavy atom.